The van der Waals surface area contributed by atoms with E-state index in [9.17, 15) is 9.59 Å². The van der Waals surface area contributed by atoms with Crippen LogP contribution in [0.5, 0.6) is 5.75 Å². The van der Waals surface area contributed by atoms with Crippen LogP contribution in [0.1, 0.15) is 12.0 Å². The molecular weight excluding hydrogens is 372 g/mol. The number of rotatable bonds is 4. The molecule has 0 atom stereocenters. The molecule has 0 saturated carbocycles. The lowest BCUT2D eigenvalue weighted by Gasteiger charge is -2.22. The third-order valence-electron chi connectivity index (χ3n) is 5.47. The molecule has 1 aromatic carbocycles. The first-order chi connectivity index (χ1) is 14.0. The van der Waals surface area contributed by atoms with Crippen LogP contribution < -0.4 is 26.2 Å². The number of imidazole rings is 1. The number of para-hydroxylation sites is 1. The first kappa shape index (κ1) is 19.3. The number of benzene rings is 1. The average Bonchev–Trinajstić information content (AvgIpc) is 2.91. The van der Waals surface area contributed by atoms with Crippen LogP contribution >= 0.6 is 0 Å². The molecule has 0 spiro atoms. The summed E-state index contributed by atoms with van der Waals surface area (Å²) in [6, 6.07) is 7.74. The number of nitrogens with one attached hydrogen (secondary N) is 1. The van der Waals surface area contributed by atoms with Crippen molar-refractivity contribution >= 4 is 17.1 Å². The number of anilines is 1. The zero-order valence-electron chi connectivity index (χ0n) is 17.0. The van der Waals surface area contributed by atoms with Gasteiger partial charge in [-0.3, -0.25) is 18.5 Å². The van der Waals surface area contributed by atoms with Gasteiger partial charge in [-0.2, -0.15) is 4.98 Å². The molecule has 0 radical (unpaired) electrons. The molecule has 9 heteroatoms. The lowest BCUT2D eigenvalue weighted by molar-refractivity contribution is 0.408. The minimum absolute atomic E-state index is 0.343. The molecule has 3 heterocycles. The van der Waals surface area contributed by atoms with Crippen LogP contribution in [-0.2, 0) is 20.6 Å². The Morgan fingerprint density at radius 2 is 1.90 bits per heavy atom. The summed E-state index contributed by atoms with van der Waals surface area (Å²) < 4.78 is 10.0. The fraction of sp³-hybridized carbons (Fsp3) is 0.450. The van der Waals surface area contributed by atoms with E-state index in [0.717, 1.165) is 48.5 Å². The molecule has 9 nitrogen and oxygen atoms in total. The van der Waals surface area contributed by atoms with Crippen molar-refractivity contribution in [1.29, 1.82) is 0 Å². The normalized spacial score (nSPS) is 14.9. The van der Waals surface area contributed by atoms with Crippen molar-refractivity contribution in [3.05, 3.63) is 50.7 Å². The van der Waals surface area contributed by atoms with E-state index < -0.39 is 0 Å². The van der Waals surface area contributed by atoms with Gasteiger partial charge in [-0.05, 0) is 19.0 Å². The van der Waals surface area contributed by atoms with E-state index in [1.807, 2.05) is 28.8 Å². The van der Waals surface area contributed by atoms with Crippen LogP contribution in [0, 0.1) is 0 Å². The fourth-order valence-corrected chi connectivity index (χ4v) is 3.88. The maximum absolute atomic E-state index is 13.1. The third kappa shape index (κ3) is 3.31. The van der Waals surface area contributed by atoms with Crippen molar-refractivity contribution in [2.24, 2.45) is 14.1 Å². The van der Waals surface area contributed by atoms with Gasteiger partial charge in [0.1, 0.15) is 5.75 Å². The van der Waals surface area contributed by atoms with Gasteiger partial charge in [-0.15, -0.1) is 0 Å². The van der Waals surface area contributed by atoms with Gasteiger partial charge >= 0.3 is 5.69 Å². The zero-order chi connectivity index (χ0) is 20.5. The summed E-state index contributed by atoms with van der Waals surface area (Å²) in [5.41, 5.74) is 1.05. The quantitative estimate of drug-likeness (QED) is 0.680. The summed E-state index contributed by atoms with van der Waals surface area (Å²) in [4.78, 5) is 32.4. The summed E-state index contributed by atoms with van der Waals surface area (Å²) in [5, 5.41) is 3.39. The van der Waals surface area contributed by atoms with Crippen molar-refractivity contribution in [2.75, 3.05) is 38.2 Å². The lowest BCUT2D eigenvalue weighted by atomic mass is 10.2. The van der Waals surface area contributed by atoms with E-state index in [1.165, 1.54) is 11.6 Å². The Morgan fingerprint density at radius 3 is 2.69 bits per heavy atom. The van der Waals surface area contributed by atoms with Gasteiger partial charge in [0.2, 0.25) is 5.95 Å². The highest BCUT2D eigenvalue weighted by molar-refractivity contribution is 5.75. The fourth-order valence-electron chi connectivity index (χ4n) is 3.88. The predicted molar refractivity (Wildman–Crippen MR) is 112 cm³/mol. The van der Waals surface area contributed by atoms with Crippen LogP contribution in [0.2, 0.25) is 0 Å². The zero-order valence-corrected chi connectivity index (χ0v) is 17.0. The van der Waals surface area contributed by atoms with Crippen LogP contribution in [0.25, 0.3) is 11.2 Å². The van der Waals surface area contributed by atoms with Gasteiger partial charge in [0.05, 0.1) is 13.7 Å². The van der Waals surface area contributed by atoms with E-state index in [4.69, 9.17) is 9.72 Å². The molecule has 0 amide bonds. The van der Waals surface area contributed by atoms with Gasteiger partial charge in [-0.1, -0.05) is 18.2 Å². The Bertz CT molecular complexity index is 1150. The molecule has 1 N–H and O–H groups in total. The number of aryl methyl sites for hydroxylation is 1. The molecule has 1 saturated heterocycles. The van der Waals surface area contributed by atoms with E-state index in [0.29, 0.717) is 23.7 Å². The minimum atomic E-state index is -0.381. The highest BCUT2D eigenvalue weighted by Gasteiger charge is 2.24. The van der Waals surface area contributed by atoms with Crippen molar-refractivity contribution in [3.8, 4) is 5.75 Å². The molecule has 2 aromatic heterocycles. The van der Waals surface area contributed by atoms with Crippen molar-refractivity contribution in [3.63, 3.8) is 0 Å². The SMILES string of the molecule is COc1ccccc1Cn1c(N2CCCNCC2)nc2c1c(=O)n(C)c(=O)n2C. The molecular formula is C20H26N6O3. The Kier molecular flexibility index (Phi) is 5.14. The summed E-state index contributed by atoms with van der Waals surface area (Å²) in [5.74, 6) is 1.45. The second-order valence-corrected chi connectivity index (χ2v) is 7.28. The molecule has 1 fully saturated rings. The predicted octanol–water partition coefficient (Wildman–Crippen LogP) is 0.290. The Morgan fingerprint density at radius 1 is 1.10 bits per heavy atom. The Balaban J connectivity index is 1.97. The second kappa shape index (κ2) is 7.75. The van der Waals surface area contributed by atoms with Crippen molar-refractivity contribution in [2.45, 2.75) is 13.0 Å². The summed E-state index contributed by atoms with van der Waals surface area (Å²) in [6.07, 6.45) is 0.981. The number of hydrogen-bond donors (Lipinski definition) is 1. The van der Waals surface area contributed by atoms with Crippen molar-refractivity contribution < 1.29 is 4.74 Å². The Hall–Kier alpha value is -3.07. The maximum Gasteiger partial charge on any atom is 0.332 e. The lowest BCUT2D eigenvalue weighted by Crippen LogP contribution is -2.37. The van der Waals surface area contributed by atoms with Crippen LogP contribution in [0.15, 0.2) is 33.9 Å². The standard InChI is InChI=1S/C20H26N6O3/c1-23-17-16(18(27)24(2)20(23)28)26(13-14-7-4-5-8-15(14)29-3)19(22-17)25-11-6-9-21-10-12-25/h4-5,7-8,21H,6,9-13H2,1-3H3. The molecule has 0 aliphatic carbocycles. The number of nitrogens with zero attached hydrogens (tertiary/aromatic N) is 5. The number of fused-ring (bicyclic) bond motifs is 1. The molecule has 29 heavy (non-hydrogen) atoms. The number of aromatic nitrogens is 4. The third-order valence-corrected chi connectivity index (χ3v) is 5.47. The number of methoxy groups -OCH3 is 1. The Labute approximate surface area is 168 Å². The summed E-state index contributed by atoms with van der Waals surface area (Å²) in [7, 11) is 4.79. The average molecular weight is 398 g/mol. The van der Waals surface area contributed by atoms with Crippen LogP contribution in [0.3, 0.4) is 0 Å². The molecule has 1 aliphatic rings. The van der Waals surface area contributed by atoms with E-state index >= 15 is 0 Å². The topological polar surface area (TPSA) is 86.3 Å². The van der Waals surface area contributed by atoms with Crippen LogP contribution in [-0.4, -0.2) is 52.0 Å². The molecule has 3 aromatic rings. The van der Waals surface area contributed by atoms with E-state index in [-0.39, 0.29) is 11.2 Å². The molecule has 1 aliphatic heterocycles. The minimum Gasteiger partial charge on any atom is -0.496 e. The van der Waals surface area contributed by atoms with E-state index in [1.54, 1.807) is 14.2 Å². The number of hydrogen-bond acceptors (Lipinski definition) is 6. The highest BCUT2D eigenvalue weighted by atomic mass is 16.5. The molecule has 0 bridgehead atoms. The largest absolute Gasteiger partial charge is 0.496 e. The summed E-state index contributed by atoms with van der Waals surface area (Å²) in [6.45, 7) is 3.82. The molecule has 0 unspecified atom stereocenters. The monoisotopic (exact) mass is 398 g/mol. The van der Waals surface area contributed by atoms with Crippen LogP contribution in [0.4, 0.5) is 5.95 Å². The summed E-state index contributed by atoms with van der Waals surface area (Å²) >= 11 is 0. The molecule has 154 valence electrons. The highest BCUT2D eigenvalue weighted by Crippen LogP contribution is 2.25. The van der Waals surface area contributed by atoms with E-state index in [2.05, 4.69) is 10.2 Å². The van der Waals surface area contributed by atoms with Gasteiger partial charge in [-0.25, -0.2) is 4.79 Å². The molecule has 4 rings (SSSR count). The first-order valence-electron chi connectivity index (χ1n) is 9.76. The van der Waals surface area contributed by atoms with Gasteiger partial charge in [0, 0.05) is 39.3 Å². The van der Waals surface area contributed by atoms with Crippen molar-refractivity contribution in [1.82, 2.24) is 24.0 Å². The maximum atomic E-state index is 13.1. The smallest absolute Gasteiger partial charge is 0.332 e. The second-order valence-electron chi connectivity index (χ2n) is 7.28. The van der Waals surface area contributed by atoms with Gasteiger partial charge in [0.25, 0.3) is 5.56 Å². The van der Waals surface area contributed by atoms with Gasteiger partial charge in [0.15, 0.2) is 11.2 Å². The number of ether oxygens (including phenoxy) is 1. The first-order valence-corrected chi connectivity index (χ1v) is 9.76. The van der Waals surface area contributed by atoms with Gasteiger partial charge < -0.3 is 15.0 Å².